The van der Waals surface area contributed by atoms with Crippen molar-refractivity contribution in [2.24, 2.45) is 0 Å². The lowest BCUT2D eigenvalue weighted by Crippen LogP contribution is -2.46. The Morgan fingerprint density at radius 1 is 0.652 bits per heavy atom. The van der Waals surface area contributed by atoms with Crippen LogP contribution in [0.25, 0.3) is 0 Å². The maximum Gasteiger partial charge on any atom is 0.199 e. The Morgan fingerprint density at radius 2 is 1.00 bits per heavy atom. The van der Waals surface area contributed by atoms with Crippen LogP contribution in [0.5, 0.6) is 0 Å². The van der Waals surface area contributed by atoms with Crippen LogP contribution in [0.15, 0.2) is 0 Å². The predicted octanol–water partition coefficient (Wildman–Crippen LogP) is 3.14. The minimum absolute atomic E-state index is 1.15. The third kappa shape index (κ3) is 11.3. The van der Waals surface area contributed by atoms with Gasteiger partial charge in [0.15, 0.2) is 8.32 Å². The fourth-order valence-electron chi connectivity index (χ4n) is 2.99. The molecule has 0 fully saturated rings. The highest BCUT2D eigenvalue weighted by atomic mass is 28.4. The molecule has 0 atom stereocenters. The van der Waals surface area contributed by atoms with Crippen molar-refractivity contribution in [3.05, 3.63) is 0 Å². The van der Waals surface area contributed by atoms with Crippen LogP contribution in [0.4, 0.5) is 0 Å². The van der Waals surface area contributed by atoms with Crippen LogP contribution >= 0.6 is 0 Å². The highest BCUT2D eigenvalue weighted by molar-refractivity contribution is 6.71. The van der Waals surface area contributed by atoms with Gasteiger partial charge in [0.1, 0.15) is 0 Å². The molecule has 0 N–H and O–H groups in total. The second-order valence-electron chi connectivity index (χ2n) is 7.00. The first-order chi connectivity index (χ1) is 10.9. The maximum atomic E-state index is 5.78. The van der Waals surface area contributed by atoms with E-state index >= 15 is 0 Å². The molecule has 0 radical (unpaired) electrons. The fraction of sp³-hybridized carbons (Fsp3) is 1.00. The molecule has 5 heteroatoms. The van der Waals surface area contributed by atoms with Crippen molar-refractivity contribution in [2.75, 3.05) is 65.6 Å². The number of nitrogens with zero attached hydrogens (tertiary/aromatic N) is 3. The molecule has 0 aromatic heterocycles. The van der Waals surface area contributed by atoms with Gasteiger partial charge >= 0.3 is 0 Å². The average molecular weight is 346 g/mol. The fourth-order valence-corrected chi connectivity index (χ4v) is 4.51. The van der Waals surface area contributed by atoms with E-state index in [0.29, 0.717) is 0 Å². The molecule has 0 amide bonds. The zero-order valence-corrected chi connectivity index (χ0v) is 18.0. The van der Waals surface area contributed by atoms with Gasteiger partial charge in [-0.2, -0.15) is 0 Å². The molecule has 0 aromatic carbocycles. The standard InChI is InChI=1S/C18H43N3OSi/c1-8-19(9-2)14-12-16-21(18-23(6,7)22-5)17-13-15-20(10-3)11-4/h8-18H2,1-7H3. The molecular weight excluding hydrogens is 302 g/mol. The van der Waals surface area contributed by atoms with E-state index in [-0.39, 0.29) is 0 Å². The zero-order chi connectivity index (χ0) is 17.7. The number of rotatable bonds is 15. The van der Waals surface area contributed by atoms with Crippen molar-refractivity contribution in [1.29, 1.82) is 0 Å². The highest BCUT2D eigenvalue weighted by Crippen LogP contribution is 2.08. The molecule has 0 aliphatic carbocycles. The molecule has 0 aliphatic heterocycles. The van der Waals surface area contributed by atoms with E-state index in [1.54, 1.807) is 0 Å². The zero-order valence-electron chi connectivity index (χ0n) is 17.0. The molecule has 0 unspecified atom stereocenters. The van der Waals surface area contributed by atoms with Crippen molar-refractivity contribution in [3.63, 3.8) is 0 Å². The molecule has 0 aromatic rings. The van der Waals surface area contributed by atoms with Crippen molar-refractivity contribution in [3.8, 4) is 0 Å². The van der Waals surface area contributed by atoms with Crippen LogP contribution in [-0.4, -0.2) is 88.7 Å². The van der Waals surface area contributed by atoms with Crippen molar-refractivity contribution in [2.45, 2.75) is 53.6 Å². The Bertz CT molecular complexity index is 251. The molecule has 0 aliphatic rings. The van der Waals surface area contributed by atoms with E-state index in [1.807, 2.05) is 7.11 Å². The van der Waals surface area contributed by atoms with Crippen LogP contribution in [0.3, 0.4) is 0 Å². The van der Waals surface area contributed by atoms with E-state index in [0.717, 1.165) is 32.3 Å². The van der Waals surface area contributed by atoms with Gasteiger partial charge in [0, 0.05) is 13.3 Å². The van der Waals surface area contributed by atoms with Crippen molar-refractivity contribution < 1.29 is 4.43 Å². The molecule has 0 bridgehead atoms. The van der Waals surface area contributed by atoms with Crippen LogP contribution in [0.1, 0.15) is 40.5 Å². The Balaban J connectivity index is 4.33. The molecule has 23 heavy (non-hydrogen) atoms. The summed E-state index contributed by atoms with van der Waals surface area (Å²) < 4.78 is 5.78. The number of hydrogen-bond donors (Lipinski definition) is 0. The Kier molecular flexibility index (Phi) is 13.4. The minimum Gasteiger partial charge on any atom is -0.419 e. The van der Waals surface area contributed by atoms with Gasteiger partial charge in [0.05, 0.1) is 0 Å². The summed E-state index contributed by atoms with van der Waals surface area (Å²) in [6, 6.07) is 0. The topological polar surface area (TPSA) is 19.0 Å². The van der Waals surface area contributed by atoms with Crippen LogP contribution in [0, 0.1) is 0 Å². The summed E-state index contributed by atoms with van der Waals surface area (Å²) in [7, 11) is 0.356. The Morgan fingerprint density at radius 3 is 1.30 bits per heavy atom. The van der Waals surface area contributed by atoms with E-state index in [9.17, 15) is 0 Å². The Hall–Kier alpha value is 0.0569. The number of hydrogen-bond acceptors (Lipinski definition) is 4. The van der Waals surface area contributed by atoms with Crippen molar-refractivity contribution in [1.82, 2.24) is 14.7 Å². The van der Waals surface area contributed by atoms with Crippen LogP contribution in [0.2, 0.25) is 13.1 Å². The predicted molar refractivity (Wildman–Crippen MR) is 106 cm³/mol. The second-order valence-corrected chi connectivity index (χ2v) is 11.2. The summed E-state index contributed by atoms with van der Waals surface area (Å²) in [6.07, 6.45) is 3.68. The third-order valence-corrected chi connectivity index (χ3v) is 7.16. The second kappa shape index (κ2) is 13.4. The quantitative estimate of drug-likeness (QED) is 0.424. The third-order valence-electron chi connectivity index (χ3n) is 4.84. The monoisotopic (exact) mass is 345 g/mol. The lowest BCUT2D eigenvalue weighted by Gasteiger charge is -2.31. The highest BCUT2D eigenvalue weighted by Gasteiger charge is 2.24. The maximum absolute atomic E-state index is 5.78. The summed E-state index contributed by atoms with van der Waals surface area (Å²) >= 11 is 0. The molecule has 0 heterocycles. The van der Waals surface area contributed by atoms with Crippen LogP contribution < -0.4 is 0 Å². The largest absolute Gasteiger partial charge is 0.419 e. The van der Waals surface area contributed by atoms with Crippen LogP contribution in [-0.2, 0) is 4.43 Å². The summed E-state index contributed by atoms with van der Waals surface area (Å²) in [6.45, 7) is 23.2. The SMILES string of the molecule is CCN(CC)CCCN(CCCN(CC)CC)C[Si](C)(C)OC. The first kappa shape index (κ1) is 23.1. The van der Waals surface area contributed by atoms with Gasteiger partial charge in [-0.1, -0.05) is 27.7 Å². The molecule has 4 nitrogen and oxygen atoms in total. The summed E-state index contributed by atoms with van der Waals surface area (Å²) in [4.78, 5) is 7.70. The van der Waals surface area contributed by atoms with E-state index < -0.39 is 8.32 Å². The molecule has 0 saturated heterocycles. The normalized spacial score (nSPS) is 12.8. The molecule has 0 spiro atoms. The minimum atomic E-state index is -1.53. The molecular formula is C18H43N3OSi. The average Bonchev–Trinajstić information content (AvgIpc) is 2.55. The van der Waals surface area contributed by atoms with Gasteiger partial charge in [-0.15, -0.1) is 0 Å². The van der Waals surface area contributed by atoms with E-state index in [2.05, 4.69) is 55.5 Å². The van der Waals surface area contributed by atoms with Gasteiger partial charge in [-0.25, -0.2) is 0 Å². The van der Waals surface area contributed by atoms with Gasteiger partial charge < -0.3 is 19.1 Å². The Labute approximate surface area is 147 Å². The summed E-state index contributed by atoms with van der Waals surface area (Å²) in [5.74, 6) is 0. The summed E-state index contributed by atoms with van der Waals surface area (Å²) in [5.41, 5.74) is 0. The lowest BCUT2D eigenvalue weighted by atomic mass is 10.3. The summed E-state index contributed by atoms with van der Waals surface area (Å²) in [5, 5.41) is 0. The first-order valence-corrected chi connectivity index (χ1v) is 12.8. The smallest absolute Gasteiger partial charge is 0.199 e. The molecule has 0 rings (SSSR count). The molecule has 0 saturated carbocycles. The van der Waals surface area contributed by atoms with Gasteiger partial charge in [-0.05, 0) is 78.3 Å². The molecule has 140 valence electrons. The van der Waals surface area contributed by atoms with E-state index in [1.165, 1.54) is 39.0 Å². The van der Waals surface area contributed by atoms with E-state index in [4.69, 9.17) is 4.43 Å². The van der Waals surface area contributed by atoms with Gasteiger partial charge in [0.2, 0.25) is 0 Å². The first-order valence-electron chi connectivity index (χ1n) is 9.64. The lowest BCUT2D eigenvalue weighted by molar-refractivity contribution is 0.227. The van der Waals surface area contributed by atoms with Crippen molar-refractivity contribution >= 4 is 8.32 Å². The van der Waals surface area contributed by atoms with Gasteiger partial charge in [0.25, 0.3) is 0 Å². The van der Waals surface area contributed by atoms with Gasteiger partial charge in [-0.3, -0.25) is 0 Å².